The quantitative estimate of drug-likeness (QED) is 0.0250. The minimum absolute atomic E-state index is 0.0973. The largest absolute Gasteiger partial charge is 0.483 e. The fraction of sp³-hybridized carbons (Fsp3) is 0.279. The average molecular weight is 1830 g/mol. The summed E-state index contributed by atoms with van der Waals surface area (Å²) in [4.78, 5) is 104. The van der Waals surface area contributed by atoms with Crippen LogP contribution in [0.15, 0.2) is 193 Å². The number of anilines is 4. The fourth-order valence-corrected chi connectivity index (χ4v) is 18.3. The second-order valence-electron chi connectivity index (χ2n) is 29.8. The van der Waals surface area contributed by atoms with Gasteiger partial charge in [0.1, 0.15) is 65.6 Å². The zero-order chi connectivity index (χ0) is 90.2. The van der Waals surface area contributed by atoms with Gasteiger partial charge in [-0.15, -0.1) is 45.3 Å². The van der Waals surface area contributed by atoms with Crippen molar-refractivity contribution in [2.75, 3.05) is 34.5 Å². The van der Waals surface area contributed by atoms with Gasteiger partial charge in [-0.3, -0.25) is 87.8 Å². The minimum Gasteiger partial charge on any atom is -0.483 e. The Balaban J connectivity index is 0.000000130. The highest BCUT2D eigenvalue weighted by molar-refractivity contribution is 7.14. The third-order valence-corrected chi connectivity index (χ3v) is 24.8. The van der Waals surface area contributed by atoms with Crippen LogP contribution in [0.5, 0.6) is 0 Å². The molecule has 40 nitrogen and oxygen atoms in total. The van der Waals surface area contributed by atoms with Crippen LogP contribution in [0.3, 0.4) is 0 Å². The van der Waals surface area contributed by atoms with E-state index in [9.17, 15) is 29.4 Å². The number of rotatable bonds is 24. The predicted molar refractivity (Wildman–Crippen MR) is 484 cm³/mol. The molecule has 44 heteroatoms. The normalized spacial score (nSPS) is 17.7. The number of hydrogen-bond acceptors (Lipinski definition) is 30. The molecule has 0 saturated heterocycles. The molecule has 130 heavy (non-hydrogen) atoms. The molecule has 0 spiro atoms. The lowest BCUT2D eigenvalue weighted by atomic mass is 10.2. The third kappa shape index (κ3) is 22.7. The van der Waals surface area contributed by atoms with E-state index in [0.29, 0.717) is 117 Å². The van der Waals surface area contributed by atoms with Gasteiger partial charge in [-0.05, 0) is 139 Å². The molecule has 4 aliphatic rings. The number of carbonyl (C=O) groups excluding carboxylic acids is 4. The molecule has 20 rings (SSSR count). The summed E-state index contributed by atoms with van der Waals surface area (Å²) in [5.41, 5.74) is 12.3. The van der Waals surface area contributed by atoms with Crippen molar-refractivity contribution in [1.29, 1.82) is 0 Å². The van der Waals surface area contributed by atoms with Crippen LogP contribution in [0.1, 0.15) is 157 Å². The van der Waals surface area contributed by atoms with Gasteiger partial charge in [-0.1, -0.05) is 24.3 Å². The van der Waals surface area contributed by atoms with Gasteiger partial charge in [-0.2, -0.15) is 40.8 Å². The summed E-state index contributed by atoms with van der Waals surface area (Å²) in [5.74, 6) is -1.20. The summed E-state index contributed by atoms with van der Waals surface area (Å²) >= 11 is 5.56. The Labute approximate surface area is 756 Å². The van der Waals surface area contributed by atoms with E-state index in [-0.39, 0.29) is 85.2 Å². The van der Waals surface area contributed by atoms with E-state index in [4.69, 9.17) is 39.5 Å². The first kappa shape index (κ1) is 90.3. The number of aromatic nitrogens is 24. The molecular formula is C86H88N28O12S4. The number of ether oxygens (including phenoxy) is 2. The lowest BCUT2D eigenvalue weighted by Gasteiger charge is -2.11. The first-order valence-electron chi connectivity index (χ1n) is 41.4. The van der Waals surface area contributed by atoms with Crippen molar-refractivity contribution in [3.63, 3.8) is 0 Å². The van der Waals surface area contributed by atoms with E-state index < -0.39 is 0 Å². The van der Waals surface area contributed by atoms with Gasteiger partial charge in [-0.25, -0.2) is 19.9 Å². The van der Waals surface area contributed by atoms with Crippen LogP contribution < -0.4 is 21.3 Å². The number of aliphatic hydroxyl groups excluding tert-OH is 2. The SMILES string of the molecule is CCO[C@@H]1CC[C@H](n2cc(NC(=O)c3csc(-c4cn[nH]c4)n3)c(-c3ccccn3)n2)C1.CCO[C@@H]1CC[C@H](n2cc(NC(=O)c3csc(-c4cn[nH]c4)n3)c(-c3ccccn3)n2)C1.O=C(Nc1cn([C@H]2CC[C@@H](O)C2)nc1-c1ccccn1)c1csc(-c2cn[nH]c2)n1.O=C(Nc1cn([C@H]2CC[C@@H](O)C2)nc1-c1ccccn1)c1csc(-c2cn[nH]c2)n1.O=CO.O=CO. The van der Waals surface area contributed by atoms with E-state index >= 15 is 0 Å². The number of nitrogens with one attached hydrogen (secondary N) is 8. The van der Waals surface area contributed by atoms with Crippen LogP contribution in [0, 0.1) is 0 Å². The number of aromatic amines is 4. The number of pyridine rings is 4. The van der Waals surface area contributed by atoms with Crippen LogP contribution in [0.2, 0.25) is 0 Å². The number of carbonyl (C=O) groups is 6. The Bertz CT molecular complexity index is 5920. The molecular weight excluding hydrogens is 1750 g/mol. The van der Waals surface area contributed by atoms with Crippen molar-refractivity contribution in [3.8, 4) is 87.8 Å². The first-order valence-corrected chi connectivity index (χ1v) is 44.9. The molecule has 4 fully saturated rings. The monoisotopic (exact) mass is 1830 g/mol. The zero-order valence-corrected chi connectivity index (χ0v) is 73.0. The maximum Gasteiger partial charge on any atom is 0.290 e. The average Bonchev–Trinajstić information content (AvgIpc) is 1.67. The maximum absolute atomic E-state index is 13.0. The molecule has 4 aliphatic carbocycles. The van der Waals surface area contributed by atoms with Crippen LogP contribution in [-0.4, -0.2) is 214 Å². The Morgan fingerprint density at radius 2 is 0.646 bits per heavy atom. The van der Waals surface area contributed by atoms with E-state index in [2.05, 4.69) is 112 Å². The summed E-state index contributed by atoms with van der Waals surface area (Å²) in [6.45, 7) is 4.96. The van der Waals surface area contributed by atoms with Gasteiger partial charge in [0.05, 0.1) is 119 Å². The minimum atomic E-state index is -0.316. The molecule has 668 valence electrons. The lowest BCUT2D eigenvalue weighted by molar-refractivity contribution is -0.123. The van der Waals surface area contributed by atoms with Crippen LogP contribution in [0.25, 0.3) is 87.8 Å². The molecule has 16 aromatic rings. The highest BCUT2D eigenvalue weighted by atomic mass is 32.1. The third-order valence-electron chi connectivity index (χ3n) is 21.2. The Kier molecular flexibility index (Phi) is 30.4. The number of aliphatic hydroxyl groups is 2. The van der Waals surface area contributed by atoms with Crippen LogP contribution >= 0.6 is 45.3 Å². The smallest absolute Gasteiger partial charge is 0.290 e. The highest BCUT2D eigenvalue weighted by Crippen LogP contribution is 2.41. The van der Waals surface area contributed by atoms with E-state index in [1.165, 1.54) is 45.3 Å². The highest BCUT2D eigenvalue weighted by Gasteiger charge is 2.34. The van der Waals surface area contributed by atoms with Crippen LogP contribution in [-0.2, 0) is 19.1 Å². The second-order valence-corrected chi connectivity index (χ2v) is 33.2. The van der Waals surface area contributed by atoms with Crippen LogP contribution in [0.4, 0.5) is 22.7 Å². The van der Waals surface area contributed by atoms with Crippen molar-refractivity contribution < 1.29 is 58.7 Å². The van der Waals surface area contributed by atoms with Crippen molar-refractivity contribution in [2.24, 2.45) is 0 Å². The van der Waals surface area contributed by atoms with Crippen molar-refractivity contribution in [3.05, 3.63) is 216 Å². The number of H-pyrrole nitrogens is 4. The summed E-state index contributed by atoms with van der Waals surface area (Å²) in [5, 5.41) is 101. The Morgan fingerprint density at radius 1 is 0.392 bits per heavy atom. The molecule has 8 atom stereocenters. The number of hydrogen-bond donors (Lipinski definition) is 12. The fourth-order valence-electron chi connectivity index (χ4n) is 15.1. The Morgan fingerprint density at radius 3 is 0.862 bits per heavy atom. The number of thiazole rings is 4. The van der Waals surface area contributed by atoms with Gasteiger partial charge < -0.3 is 51.2 Å². The number of nitrogens with zero attached hydrogens (tertiary/aromatic N) is 20. The summed E-state index contributed by atoms with van der Waals surface area (Å²) in [6, 6.07) is 23.1. The van der Waals surface area contributed by atoms with Gasteiger partial charge >= 0.3 is 0 Å². The molecule has 16 heterocycles. The summed E-state index contributed by atoms with van der Waals surface area (Å²) in [6.07, 6.45) is 38.1. The van der Waals surface area contributed by atoms with Crippen molar-refractivity contribution in [1.82, 2.24) is 120 Å². The van der Waals surface area contributed by atoms with Gasteiger partial charge in [0, 0.05) is 131 Å². The van der Waals surface area contributed by atoms with E-state index in [1.54, 1.807) is 95.9 Å². The predicted octanol–water partition coefficient (Wildman–Crippen LogP) is 14.0. The molecule has 0 radical (unpaired) electrons. The summed E-state index contributed by atoms with van der Waals surface area (Å²) in [7, 11) is 0. The number of amides is 4. The molecule has 12 N–H and O–H groups in total. The molecule has 0 aromatic carbocycles. The molecule has 0 unspecified atom stereocenters. The molecule has 0 aliphatic heterocycles. The van der Waals surface area contributed by atoms with Gasteiger partial charge in [0.25, 0.3) is 36.6 Å². The van der Waals surface area contributed by atoms with Gasteiger partial charge in [0.2, 0.25) is 0 Å². The maximum atomic E-state index is 13.0. The Hall–Kier alpha value is -14.5. The van der Waals surface area contributed by atoms with Gasteiger partial charge in [0.15, 0.2) is 0 Å². The topological polar surface area (TPSA) is 539 Å². The van der Waals surface area contributed by atoms with E-state index in [0.717, 1.165) is 106 Å². The standard InChI is InChI=1S/2C22H23N7O2S.2C20H19N7O2S.2CH2O2/c2*1-2-31-16-7-6-15(9-16)29-12-18(20(28-29)17-5-3-4-8-23-17)26-21(30)19-13-32-22(27-19)14-10-24-25-11-14;2*28-14-5-4-13(7-14)27-10-16(18(26-27)15-3-1-2-6-21-15)24-19(29)17-11-30-20(25-17)12-8-22-23-9-12;2*2-1-3/h2*3-5,8,10-13,15-16H,2,6-7,9H2,1H3,(H,24,25)(H,26,30);2*1-3,6,8-11,13-14,28H,4-5,7H2,(H,22,23)(H,24,29);2*1H,(H,2,3)/t2*15-,16+;2*13-,14+;;/m0000../s1. The van der Waals surface area contributed by atoms with Crippen molar-refractivity contribution in [2.45, 2.75) is 139 Å². The zero-order valence-electron chi connectivity index (χ0n) is 69.8. The molecule has 0 bridgehead atoms. The first-order chi connectivity index (χ1) is 63.6. The van der Waals surface area contributed by atoms with E-state index in [1.807, 2.05) is 130 Å². The molecule has 16 aromatic heterocycles. The molecule has 4 amide bonds. The second kappa shape index (κ2) is 43.8. The molecule has 4 saturated carbocycles. The summed E-state index contributed by atoms with van der Waals surface area (Å²) < 4.78 is 19.1. The van der Waals surface area contributed by atoms with Crippen molar-refractivity contribution >= 4 is 105 Å². The lowest BCUT2D eigenvalue weighted by Crippen LogP contribution is -2.13. The number of carboxylic acid groups (broad SMARTS) is 2.